The molecule has 1 aromatic carbocycles. The Labute approximate surface area is 86.5 Å². The van der Waals surface area contributed by atoms with Crippen LogP contribution in [0.15, 0.2) is 30.5 Å². The molecule has 2 rings (SSSR count). The number of anilines is 3. The van der Waals surface area contributed by atoms with Crippen molar-refractivity contribution in [2.45, 2.75) is 0 Å². The summed E-state index contributed by atoms with van der Waals surface area (Å²) in [6, 6.07) is 6.08. The third-order valence-corrected chi connectivity index (χ3v) is 1.91. The highest BCUT2D eigenvalue weighted by atomic mass is 19.1. The smallest absolute Gasteiger partial charge is 0.152 e. The molecule has 0 aliphatic rings. The molecule has 0 spiro atoms. The van der Waals surface area contributed by atoms with Gasteiger partial charge in [0.25, 0.3) is 0 Å². The van der Waals surface area contributed by atoms with Crippen molar-refractivity contribution in [1.82, 2.24) is 9.78 Å². The van der Waals surface area contributed by atoms with Crippen molar-refractivity contribution in [2.24, 2.45) is 7.05 Å². The van der Waals surface area contributed by atoms with Crippen molar-refractivity contribution < 1.29 is 4.39 Å². The predicted octanol–water partition coefficient (Wildman–Crippen LogP) is 1.88. The molecule has 4 nitrogen and oxygen atoms in total. The fraction of sp³-hybridized carbons (Fsp3) is 0.100. The fourth-order valence-corrected chi connectivity index (χ4v) is 1.31. The first-order valence-corrected chi connectivity index (χ1v) is 4.46. The lowest BCUT2D eigenvalue weighted by Gasteiger charge is -2.04. The monoisotopic (exact) mass is 206 g/mol. The summed E-state index contributed by atoms with van der Waals surface area (Å²) in [5.74, 6) is 0.288. The van der Waals surface area contributed by atoms with E-state index in [0.29, 0.717) is 17.2 Å². The van der Waals surface area contributed by atoms with Gasteiger partial charge >= 0.3 is 0 Å². The van der Waals surface area contributed by atoms with Crippen LogP contribution in [0, 0.1) is 5.82 Å². The minimum atomic E-state index is -0.367. The first-order valence-electron chi connectivity index (χ1n) is 4.46. The summed E-state index contributed by atoms with van der Waals surface area (Å²) in [7, 11) is 1.81. The van der Waals surface area contributed by atoms with Gasteiger partial charge in [-0.15, -0.1) is 0 Å². The molecular weight excluding hydrogens is 195 g/mol. The number of nitrogen functional groups attached to an aromatic ring is 1. The van der Waals surface area contributed by atoms with Crippen LogP contribution in [0.4, 0.5) is 21.6 Å². The summed E-state index contributed by atoms with van der Waals surface area (Å²) in [6.45, 7) is 0. The van der Waals surface area contributed by atoms with Gasteiger partial charge in [0.2, 0.25) is 0 Å². The molecular formula is C10H11FN4. The Morgan fingerprint density at radius 1 is 1.40 bits per heavy atom. The maximum Gasteiger partial charge on any atom is 0.152 e. The minimum absolute atomic E-state index is 0.367. The SMILES string of the molecule is Cn1ccc(Nc2cc(N)cc(F)c2)n1. The molecule has 3 N–H and O–H groups in total. The lowest BCUT2D eigenvalue weighted by atomic mass is 10.2. The van der Waals surface area contributed by atoms with Gasteiger partial charge in [0.05, 0.1) is 0 Å². The first kappa shape index (κ1) is 9.51. The van der Waals surface area contributed by atoms with Gasteiger partial charge in [0.15, 0.2) is 5.82 Å². The zero-order valence-electron chi connectivity index (χ0n) is 8.24. The Balaban J connectivity index is 2.24. The molecule has 0 aliphatic carbocycles. The number of benzene rings is 1. The van der Waals surface area contributed by atoms with Crippen molar-refractivity contribution in [2.75, 3.05) is 11.1 Å². The highest BCUT2D eigenvalue weighted by Crippen LogP contribution is 2.18. The number of nitrogens with one attached hydrogen (secondary N) is 1. The number of aromatic nitrogens is 2. The molecule has 0 fully saturated rings. The Kier molecular flexibility index (Phi) is 2.29. The molecule has 0 saturated carbocycles. The Bertz CT molecular complexity index is 458. The molecule has 0 atom stereocenters. The number of hydrogen-bond acceptors (Lipinski definition) is 3. The van der Waals surface area contributed by atoms with Gasteiger partial charge in [-0.3, -0.25) is 4.68 Å². The van der Waals surface area contributed by atoms with E-state index in [-0.39, 0.29) is 5.82 Å². The van der Waals surface area contributed by atoms with Crippen LogP contribution in [0.3, 0.4) is 0 Å². The molecule has 5 heteroatoms. The Morgan fingerprint density at radius 2 is 2.20 bits per heavy atom. The molecule has 1 aromatic heterocycles. The van der Waals surface area contributed by atoms with Crippen LogP contribution in [-0.4, -0.2) is 9.78 Å². The van der Waals surface area contributed by atoms with Crippen LogP contribution in [0.2, 0.25) is 0 Å². The topological polar surface area (TPSA) is 55.9 Å². The molecule has 0 saturated heterocycles. The molecule has 15 heavy (non-hydrogen) atoms. The van der Waals surface area contributed by atoms with E-state index in [4.69, 9.17) is 5.73 Å². The van der Waals surface area contributed by atoms with Gasteiger partial charge in [-0.05, 0) is 18.2 Å². The molecule has 0 bridgehead atoms. The molecule has 0 amide bonds. The number of aryl methyl sites for hydroxylation is 1. The van der Waals surface area contributed by atoms with E-state index in [1.807, 2.05) is 7.05 Å². The molecule has 78 valence electrons. The van der Waals surface area contributed by atoms with Crippen molar-refractivity contribution >= 4 is 17.2 Å². The normalized spacial score (nSPS) is 10.3. The zero-order chi connectivity index (χ0) is 10.8. The number of hydrogen-bond donors (Lipinski definition) is 2. The van der Waals surface area contributed by atoms with Crippen molar-refractivity contribution in [3.8, 4) is 0 Å². The van der Waals surface area contributed by atoms with Crippen LogP contribution >= 0.6 is 0 Å². The van der Waals surface area contributed by atoms with E-state index in [1.54, 1.807) is 23.0 Å². The van der Waals surface area contributed by atoms with Gasteiger partial charge in [0.1, 0.15) is 5.82 Å². The molecule has 0 unspecified atom stereocenters. The van der Waals surface area contributed by atoms with Gasteiger partial charge in [-0.2, -0.15) is 5.10 Å². The number of rotatable bonds is 2. The van der Waals surface area contributed by atoms with Gasteiger partial charge in [-0.1, -0.05) is 0 Å². The zero-order valence-corrected chi connectivity index (χ0v) is 8.24. The van der Waals surface area contributed by atoms with Crippen molar-refractivity contribution in [3.63, 3.8) is 0 Å². The van der Waals surface area contributed by atoms with Crippen LogP contribution in [0.25, 0.3) is 0 Å². The van der Waals surface area contributed by atoms with Crippen LogP contribution < -0.4 is 11.1 Å². The van der Waals surface area contributed by atoms with Crippen molar-refractivity contribution in [3.05, 3.63) is 36.3 Å². The predicted molar refractivity (Wildman–Crippen MR) is 57.3 cm³/mol. The second kappa shape index (κ2) is 3.61. The largest absolute Gasteiger partial charge is 0.399 e. The van der Waals surface area contributed by atoms with Crippen LogP contribution in [-0.2, 0) is 7.05 Å². The first-order chi connectivity index (χ1) is 7.13. The summed E-state index contributed by atoms with van der Waals surface area (Å²) in [5, 5.41) is 7.06. The van der Waals surface area contributed by atoms with E-state index in [2.05, 4.69) is 10.4 Å². The second-order valence-corrected chi connectivity index (χ2v) is 3.27. The minimum Gasteiger partial charge on any atom is -0.399 e. The molecule has 1 heterocycles. The lowest BCUT2D eigenvalue weighted by Crippen LogP contribution is -1.95. The Morgan fingerprint density at radius 3 is 2.80 bits per heavy atom. The van der Waals surface area contributed by atoms with Gasteiger partial charge < -0.3 is 11.1 Å². The molecule has 2 aromatic rings. The summed E-state index contributed by atoms with van der Waals surface area (Å²) < 4.78 is 14.6. The Hall–Kier alpha value is -2.04. The maximum absolute atomic E-state index is 13.0. The average molecular weight is 206 g/mol. The molecule has 0 radical (unpaired) electrons. The van der Waals surface area contributed by atoms with E-state index < -0.39 is 0 Å². The van der Waals surface area contributed by atoms with E-state index in [9.17, 15) is 4.39 Å². The van der Waals surface area contributed by atoms with Gasteiger partial charge in [0, 0.05) is 30.7 Å². The maximum atomic E-state index is 13.0. The lowest BCUT2D eigenvalue weighted by molar-refractivity contribution is 0.629. The summed E-state index contributed by atoms with van der Waals surface area (Å²) in [5.41, 5.74) is 6.48. The fourth-order valence-electron chi connectivity index (χ4n) is 1.31. The second-order valence-electron chi connectivity index (χ2n) is 3.27. The number of nitrogens with zero attached hydrogens (tertiary/aromatic N) is 2. The highest BCUT2D eigenvalue weighted by molar-refractivity contribution is 5.61. The number of nitrogens with two attached hydrogens (primary N) is 1. The van der Waals surface area contributed by atoms with E-state index >= 15 is 0 Å². The third kappa shape index (κ3) is 2.25. The highest BCUT2D eigenvalue weighted by Gasteiger charge is 2.00. The van der Waals surface area contributed by atoms with E-state index in [0.717, 1.165) is 0 Å². The third-order valence-electron chi connectivity index (χ3n) is 1.91. The summed E-state index contributed by atoms with van der Waals surface area (Å²) in [6.07, 6.45) is 1.80. The average Bonchev–Trinajstić information content (AvgIpc) is 2.49. The van der Waals surface area contributed by atoms with Crippen molar-refractivity contribution in [1.29, 1.82) is 0 Å². The number of halogens is 1. The van der Waals surface area contributed by atoms with Crippen LogP contribution in [0.5, 0.6) is 0 Å². The summed E-state index contributed by atoms with van der Waals surface area (Å²) >= 11 is 0. The van der Waals surface area contributed by atoms with E-state index in [1.165, 1.54) is 12.1 Å². The summed E-state index contributed by atoms with van der Waals surface area (Å²) in [4.78, 5) is 0. The molecule has 0 aliphatic heterocycles. The quantitative estimate of drug-likeness (QED) is 0.738. The van der Waals surface area contributed by atoms with Crippen LogP contribution in [0.1, 0.15) is 0 Å². The van der Waals surface area contributed by atoms with Gasteiger partial charge in [-0.25, -0.2) is 4.39 Å². The standard InChI is InChI=1S/C10H11FN4/c1-15-3-2-10(14-15)13-9-5-7(11)4-8(12)6-9/h2-6H,12H2,1H3,(H,13,14).